The zero-order valence-electron chi connectivity index (χ0n) is 10.6. The second kappa shape index (κ2) is 5.80. The highest BCUT2D eigenvalue weighted by atomic mass is 35.5. The molecule has 1 aromatic heterocycles. The number of aromatic nitrogens is 1. The van der Waals surface area contributed by atoms with Crippen molar-refractivity contribution in [2.75, 3.05) is 5.32 Å². The van der Waals surface area contributed by atoms with E-state index in [2.05, 4.69) is 10.3 Å². The molecule has 116 valence electrons. The molecule has 0 fully saturated rings. The number of carboxylic acids is 1. The van der Waals surface area contributed by atoms with Crippen LogP contribution in [0.15, 0.2) is 30.3 Å². The van der Waals surface area contributed by atoms with Crippen molar-refractivity contribution in [2.24, 2.45) is 0 Å². The summed E-state index contributed by atoms with van der Waals surface area (Å²) in [5.41, 5.74) is -1.74. The van der Waals surface area contributed by atoms with E-state index in [0.29, 0.717) is 6.07 Å². The number of aromatic carboxylic acids is 1. The summed E-state index contributed by atoms with van der Waals surface area (Å²) in [4.78, 5) is 14.3. The number of carboxylic acid groups (broad SMARTS) is 1. The Morgan fingerprint density at radius 3 is 2.45 bits per heavy atom. The molecule has 0 aliphatic carbocycles. The van der Waals surface area contributed by atoms with Crippen molar-refractivity contribution in [3.05, 3.63) is 52.4 Å². The van der Waals surface area contributed by atoms with Gasteiger partial charge in [-0.2, -0.15) is 13.2 Å². The number of nitrogens with one attached hydrogen (secondary N) is 1. The number of alkyl halides is 3. The Kier molecular flexibility index (Phi) is 4.23. The predicted molar refractivity (Wildman–Crippen MR) is 70.9 cm³/mol. The highest BCUT2D eigenvalue weighted by Crippen LogP contribution is 2.31. The summed E-state index contributed by atoms with van der Waals surface area (Å²) >= 11 is 5.49. The highest BCUT2D eigenvalue weighted by molar-refractivity contribution is 6.30. The lowest BCUT2D eigenvalue weighted by molar-refractivity contribution is -0.141. The molecule has 1 aromatic carbocycles. The fourth-order valence-corrected chi connectivity index (χ4v) is 1.71. The predicted octanol–water partition coefficient (Wildman–Crippen LogP) is 4.33. The highest BCUT2D eigenvalue weighted by Gasteiger charge is 2.33. The Bertz CT molecular complexity index is 734. The third-order valence-electron chi connectivity index (χ3n) is 2.60. The van der Waals surface area contributed by atoms with E-state index in [0.717, 1.165) is 12.1 Å². The third kappa shape index (κ3) is 3.45. The molecule has 0 saturated heterocycles. The van der Waals surface area contributed by atoms with Crippen LogP contribution in [0.2, 0.25) is 5.02 Å². The van der Waals surface area contributed by atoms with E-state index in [1.165, 1.54) is 12.1 Å². The van der Waals surface area contributed by atoms with Gasteiger partial charge in [-0.25, -0.2) is 14.2 Å². The zero-order valence-corrected chi connectivity index (χ0v) is 11.3. The van der Waals surface area contributed by atoms with Gasteiger partial charge in [0.25, 0.3) is 0 Å². The van der Waals surface area contributed by atoms with Gasteiger partial charge in [0.2, 0.25) is 0 Å². The van der Waals surface area contributed by atoms with Crippen LogP contribution in [0.1, 0.15) is 16.1 Å². The molecule has 4 nitrogen and oxygen atoms in total. The van der Waals surface area contributed by atoms with Crippen molar-refractivity contribution in [1.82, 2.24) is 4.98 Å². The molecule has 2 aromatic rings. The number of benzene rings is 1. The van der Waals surface area contributed by atoms with E-state index in [4.69, 9.17) is 16.7 Å². The molecule has 0 bridgehead atoms. The van der Waals surface area contributed by atoms with Gasteiger partial charge in [-0.05, 0) is 30.3 Å². The molecule has 2 rings (SSSR count). The monoisotopic (exact) mass is 334 g/mol. The molecular formula is C13H7ClF4N2O2. The first-order chi connectivity index (χ1) is 10.2. The minimum atomic E-state index is -4.74. The van der Waals surface area contributed by atoms with Gasteiger partial charge in [0.15, 0.2) is 0 Å². The van der Waals surface area contributed by atoms with Gasteiger partial charge < -0.3 is 10.4 Å². The number of anilines is 2. The maximum Gasteiger partial charge on any atom is 0.433 e. The first kappa shape index (κ1) is 16.0. The topological polar surface area (TPSA) is 62.2 Å². The first-order valence-corrected chi connectivity index (χ1v) is 6.10. The van der Waals surface area contributed by atoms with Crippen LogP contribution in [-0.2, 0) is 6.18 Å². The average Bonchev–Trinajstić information content (AvgIpc) is 2.41. The van der Waals surface area contributed by atoms with Crippen LogP contribution in [0.25, 0.3) is 0 Å². The van der Waals surface area contributed by atoms with Crippen LogP contribution < -0.4 is 5.32 Å². The fourth-order valence-electron chi connectivity index (χ4n) is 1.60. The van der Waals surface area contributed by atoms with Gasteiger partial charge in [0.05, 0.1) is 5.02 Å². The van der Waals surface area contributed by atoms with Crippen molar-refractivity contribution >= 4 is 29.1 Å². The Morgan fingerprint density at radius 1 is 1.23 bits per heavy atom. The molecule has 0 radical (unpaired) electrons. The summed E-state index contributed by atoms with van der Waals surface area (Å²) in [5.74, 6) is -2.84. The minimum absolute atomic E-state index is 0.0104. The van der Waals surface area contributed by atoms with Gasteiger partial charge in [-0.1, -0.05) is 11.6 Å². The molecule has 9 heteroatoms. The van der Waals surface area contributed by atoms with E-state index in [1.54, 1.807) is 0 Å². The van der Waals surface area contributed by atoms with E-state index >= 15 is 0 Å². The standard InChI is InChI=1S/C13H7ClF4N2O2/c14-8-3-1-6(5-9(8)15)19-11-7(12(21)22)2-4-10(20-11)13(16,17)18/h1-5H,(H,19,20)(H,21,22). The Labute approximate surface area is 126 Å². The third-order valence-corrected chi connectivity index (χ3v) is 2.90. The molecule has 0 unspecified atom stereocenters. The first-order valence-electron chi connectivity index (χ1n) is 5.72. The van der Waals surface area contributed by atoms with Crippen molar-refractivity contribution in [3.8, 4) is 0 Å². The van der Waals surface area contributed by atoms with Crippen LogP contribution in [0, 0.1) is 5.82 Å². The Hall–Kier alpha value is -2.35. The van der Waals surface area contributed by atoms with Crippen LogP contribution in [-0.4, -0.2) is 16.1 Å². The van der Waals surface area contributed by atoms with Crippen LogP contribution in [0.4, 0.5) is 29.1 Å². The zero-order chi connectivity index (χ0) is 16.5. The SMILES string of the molecule is O=C(O)c1ccc(C(F)(F)F)nc1Nc1ccc(Cl)c(F)c1. The normalized spacial score (nSPS) is 11.3. The molecule has 22 heavy (non-hydrogen) atoms. The largest absolute Gasteiger partial charge is 0.478 e. The van der Waals surface area contributed by atoms with E-state index < -0.39 is 35.0 Å². The summed E-state index contributed by atoms with van der Waals surface area (Å²) in [6, 6.07) is 4.69. The molecule has 0 spiro atoms. The molecule has 1 heterocycles. The van der Waals surface area contributed by atoms with E-state index in [-0.39, 0.29) is 10.7 Å². The number of halogens is 5. The van der Waals surface area contributed by atoms with Gasteiger partial charge in [0.1, 0.15) is 22.9 Å². The minimum Gasteiger partial charge on any atom is -0.478 e. The summed E-state index contributed by atoms with van der Waals surface area (Å²) in [6.07, 6.45) is -4.74. The second-order valence-corrected chi connectivity index (χ2v) is 4.56. The smallest absolute Gasteiger partial charge is 0.433 e. The molecule has 0 amide bonds. The van der Waals surface area contributed by atoms with Gasteiger partial charge in [-0.15, -0.1) is 0 Å². The summed E-state index contributed by atoms with van der Waals surface area (Å²) in [5, 5.41) is 11.1. The van der Waals surface area contributed by atoms with Gasteiger partial charge in [-0.3, -0.25) is 0 Å². The van der Waals surface area contributed by atoms with Crippen molar-refractivity contribution in [2.45, 2.75) is 6.18 Å². The maximum atomic E-state index is 13.3. The number of hydrogen-bond donors (Lipinski definition) is 2. The molecule has 0 saturated carbocycles. The number of carbonyl (C=O) groups is 1. The molecule has 0 aliphatic heterocycles. The summed E-state index contributed by atoms with van der Waals surface area (Å²) in [6.45, 7) is 0. The van der Waals surface area contributed by atoms with Crippen molar-refractivity contribution < 1.29 is 27.5 Å². The van der Waals surface area contributed by atoms with Gasteiger partial charge in [0, 0.05) is 5.69 Å². The maximum absolute atomic E-state index is 13.3. The molecule has 0 atom stereocenters. The van der Waals surface area contributed by atoms with Crippen molar-refractivity contribution in [1.29, 1.82) is 0 Å². The number of nitrogens with zero attached hydrogens (tertiary/aromatic N) is 1. The lowest BCUT2D eigenvalue weighted by atomic mass is 10.2. The Morgan fingerprint density at radius 2 is 1.91 bits per heavy atom. The summed E-state index contributed by atoms with van der Waals surface area (Å²) < 4.78 is 51.2. The average molecular weight is 335 g/mol. The van der Waals surface area contributed by atoms with Crippen molar-refractivity contribution in [3.63, 3.8) is 0 Å². The molecular weight excluding hydrogens is 328 g/mol. The second-order valence-electron chi connectivity index (χ2n) is 4.15. The number of pyridine rings is 1. The fraction of sp³-hybridized carbons (Fsp3) is 0.0769. The van der Waals surface area contributed by atoms with Crippen LogP contribution >= 0.6 is 11.6 Å². The van der Waals surface area contributed by atoms with Crippen LogP contribution in [0.3, 0.4) is 0 Å². The quantitative estimate of drug-likeness (QED) is 0.820. The number of hydrogen-bond acceptors (Lipinski definition) is 3. The molecule has 0 aliphatic rings. The molecule has 2 N–H and O–H groups in total. The van der Waals surface area contributed by atoms with E-state index in [1.807, 2.05) is 0 Å². The lowest BCUT2D eigenvalue weighted by Gasteiger charge is -2.12. The Balaban J connectivity index is 2.46. The summed E-state index contributed by atoms with van der Waals surface area (Å²) in [7, 11) is 0. The van der Waals surface area contributed by atoms with Gasteiger partial charge >= 0.3 is 12.1 Å². The number of rotatable bonds is 3. The van der Waals surface area contributed by atoms with E-state index in [9.17, 15) is 22.4 Å². The lowest BCUT2D eigenvalue weighted by Crippen LogP contribution is -2.12. The van der Waals surface area contributed by atoms with Crippen LogP contribution in [0.5, 0.6) is 0 Å².